The second-order valence-electron chi connectivity index (χ2n) is 2.77. The lowest BCUT2D eigenvalue weighted by atomic mass is 10.4. The SMILES string of the molecule is Cn1ccc(C=C2SC(=S)NC2=O)n1. The van der Waals surface area contributed by atoms with Gasteiger partial charge in [0.05, 0.1) is 10.6 Å². The first-order chi connectivity index (χ1) is 6.65. The van der Waals surface area contributed by atoms with Crippen LogP contribution in [0.3, 0.4) is 0 Å². The standard InChI is InChI=1S/C8H7N3OS2/c1-11-3-2-5(10-11)4-6-7(12)9-8(13)14-6/h2-4H,1H3,(H,9,12,13). The molecule has 1 N–H and O–H groups in total. The number of aromatic nitrogens is 2. The molecule has 0 saturated carbocycles. The van der Waals surface area contributed by atoms with Gasteiger partial charge in [0, 0.05) is 13.2 Å². The topological polar surface area (TPSA) is 46.9 Å². The van der Waals surface area contributed by atoms with E-state index < -0.39 is 0 Å². The van der Waals surface area contributed by atoms with Gasteiger partial charge in [-0.3, -0.25) is 9.48 Å². The molecule has 6 heteroatoms. The zero-order valence-corrected chi connectivity index (χ0v) is 8.98. The predicted molar refractivity (Wildman–Crippen MR) is 59.5 cm³/mol. The summed E-state index contributed by atoms with van der Waals surface area (Å²) >= 11 is 6.12. The first kappa shape index (κ1) is 9.42. The van der Waals surface area contributed by atoms with E-state index in [1.807, 2.05) is 19.3 Å². The minimum atomic E-state index is -0.148. The Hall–Kier alpha value is -1.14. The first-order valence-electron chi connectivity index (χ1n) is 3.89. The molecule has 1 aromatic rings. The second-order valence-corrected chi connectivity index (χ2v) is 4.49. The molecule has 1 fully saturated rings. The summed E-state index contributed by atoms with van der Waals surface area (Å²) in [6.07, 6.45) is 3.54. The molecule has 4 nitrogen and oxygen atoms in total. The summed E-state index contributed by atoms with van der Waals surface area (Å²) in [5.74, 6) is -0.148. The average Bonchev–Trinajstić information content (AvgIpc) is 2.61. The molecule has 1 amide bonds. The number of aryl methyl sites for hydroxylation is 1. The van der Waals surface area contributed by atoms with E-state index in [4.69, 9.17) is 12.2 Å². The number of carbonyl (C=O) groups excluding carboxylic acids is 1. The summed E-state index contributed by atoms with van der Waals surface area (Å²) in [6.45, 7) is 0. The van der Waals surface area contributed by atoms with Crippen molar-refractivity contribution in [3.63, 3.8) is 0 Å². The molecule has 0 radical (unpaired) electrons. The van der Waals surface area contributed by atoms with Crippen molar-refractivity contribution in [1.82, 2.24) is 15.1 Å². The van der Waals surface area contributed by atoms with E-state index in [1.165, 1.54) is 11.8 Å². The number of thiocarbonyl (C=S) groups is 1. The van der Waals surface area contributed by atoms with Crippen LogP contribution in [0.5, 0.6) is 0 Å². The van der Waals surface area contributed by atoms with Gasteiger partial charge in [0.1, 0.15) is 4.32 Å². The fourth-order valence-electron chi connectivity index (χ4n) is 1.07. The molecule has 0 bridgehead atoms. The molecule has 14 heavy (non-hydrogen) atoms. The van der Waals surface area contributed by atoms with Crippen LogP contribution in [-0.4, -0.2) is 20.0 Å². The molecule has 1 saturated heterocycles. The first-order valence-corrected chi connectivity index (χ1v) is 5.12. The number of nitrogens with zero attached hydrogens (tertiary/aromatic N) is 2. The van der Waals surface area contributed by atoms with Gasteiger partial charge < -0.3 is 5.32 Å². The molecule has 0 aliphatic carbocycles. The maximum Gasteiger partial charge on any atom is 0.263 e. The van der Waals surface area contributed by atoms with Crippen molar-refractivity contribution in [2.24, 2.45) is 7.05 Å². The molecule has 0 spiro atoms. The summed E-state index contributed by atoms with van der Waals surface area (Å²) in [5.41, 5.74) is 0.759. The average molecular weight is 225 g/mol. The third kappa shape index (κ3) is 1.85. The van der Waals surface area contributed by atoms with Crippen molar-refractivity contribution < 1.29 is 4.79 Å². The highest BCUT2D eigenvalue weighted by atomic mass is 32.2. The number of hydrogen-bond acceptors (Lipinski definition) is 4. The van der Waals surface area contributed by atoms with Crippen LogP contribution in [0.15, 0.2) is 17.2 Å². The summed E-state index contributed by atoms with van der Waals surface area (Å²) < 4.78 is 2.18. The number of nitrogens with one attached hydrogen (secondary N) is 1. The Morgan fingerprint density at radius 2 is 2.50 bits per heavy atom. The molecule has 0 aromatic carbocycles. The van der Waals surface area contributed by atoms with E-state index in [0.717, 1.165) is 5.69 Å². The van der Waals surface area contributed by atoms with Crippen LogP contribution >= 0.6 is 24.0 Å². The van der Waals surface area contributed by atoms with Gasteiger partial charge in [0.15, 0.2) is 0 Å². The lowest BCUT2D eigenvalue weighted by Gasteiger charge is -1.88. The molecule has 0 atom stereocenters. The van der Waals surface area contributed by atoms with E-state index in [2.05, 4.69) is 10.4 Å². The quantitative estimate of drug-likeness (QED) is 0.570. The molecule has 1 aliphatic heterocycles. The van der Waals surface area contributed by atoms with E-state index >= 15 is 0 Å². The number of amides is 1. The highest BCUT2D eigenvalue weighted by Gasteiger charge is 2.22. The molecule has 1 aliphatic rings. The Morgan fingerprint density at radius 1 is 1.71 bits per heavy atom. The number of thioether (sulfide) groups is 1. The van der Waals surface area contributed by atoms with Gasteiger partial charge in [0.25, 0.3) is 5.91 Å². The fourth-order valence-corrected chi connectivity index (χ4v) is 2.09. The monoisotopic (exact) mass is 225 g/mol. The van der Waals surface area contributed by atoms with Gasteiger partial charge in [-0.15, -0.1) is 0 Å². The molecule has 2 heterocycles. The van der Waals surface area contributed by atoms with E-state index in [9.17, 15) is 4.79 Å². The van der Waals surface area contributed by atoms with Crippen molar-refractivity contribution in [2.75, 3.05) is 0 Å². The molecular weight excluding hydrogens is 218 g/mol. The Kier molecular flexibility index (Phi) is 2.39. The maximum absolute atomic E-state index is 11.3. The minimum absolute atomic E-state index is 0.148. The molecular formula is C8H7N3OS2. The van der Waals surface area contributed by atoms with Gasteiger partial charge in [-0.2, -0.15) is 5.10 Å². The second kappa shape index (κ2) is 3.55. The van der Waals surface area contributed by atoms with Crippen molar-refractivity contribution >= 4 is 40.3 Å². The zero-order chi connectivity index (χ0) is 10.1. The summed E-state index contributed by atoms with van der Waals surface area (Å²) in [7, 11) is 1.83. The van der Waals surface area contributed by atoms with Gasteiger partial charge >= 0.3 is 0 Å². The Balaban J connectivity index is 2.27. The highest BCUT2D eigenvalue weighted by Crippen LogP contribution is 2.25. The van der Waals surface area contributed by atoms with Crippen LogP contribution in [0.4, 0.5) is 0 Å². The molecule has 1 aromatic heterocycles. The van der Waals surface area contributed by atoms with Crippen LogP contribution in [0, 0.1) is 0 Å². The fraction of sp³-hybridized carbons (Fsp3) is 0.125. The molecule has 0 unspecified atom stereocenters. The predicted octanol–water partition coefficient (Wildman–Crippen LogP) is 0.909. The van der Waals surface area contributed by atoms with Gasteiger partial charge in [-0.05, 0) is 12.1 Å². The van der Waals surface area contributed by atoms with E-state index in [-0.39, 0.29) is 5.91 Å². The lowest BCUT2D eigenvalue weighted by Crippen LogP contribution is -2.17. The zero-order valence-electron chi connectivity index (χ0n) is 7.35. The molecule has 72 valence electrons. The number of carbonyl (C=O) groups is 1. The number of rotatable bonds is 1. The summed E-state index contributed by atoms with van der Waals surface area (Å²) in [5, 5.41) is 6.68. The Bertz CT molecular complexity index is 436. The van der Waals surface area contributed by atoms with Crippen LogP contribution in [0.2, 0.25) is 0 Å². The maximum atomic E-state index is 11.3. The summed E-state index contributed by atoms with van der Waals surface area (Å²) in [4.78, 5) is 11.9. The van der Waals surface area contributed by atoms with Crippen LogP contribution in [0.25, 0.3) is 6.08 Å². The van der Waals surface area contributed by atoms with Gasteiger partial charge in [-0.1, -0.05) is 24.0 Å². The molecule has 2 rings (SSSR count). The van der Waals surface area contributed by atoms with Gasteiger partial charge in [-0.25, -0.2) is 0 Å². The van der Waals surface area contributed by atoms with Crippen LogP contribution in [0.1, 0.15) is 5.69 Å². The van der Waals surface area contributed by atoms with Crippen LogP contribution < -0.4 is 5.32 Å². The van der Waals surface area contributed by atoms with Crippen molar-refractivity contribution in [3.05, 3.63) is 22.9 Å². The van der Waals surface area contributed by atoms with Gasteiger partial charge in [0.2, 0.25) is 0 Å². The lowest BCUT2D eigenvalue weighted by molar-refractivity contribution is -0.115. The Morgan fingerprint density at radius 3 is 3.00 bits per heavy atom. The highest BCUT2D eigenvalue weighted by molar-refractivity contribution is 8.26. The van der Waals surface area contributed by atoms with Crippen molar-refractivity contribution in [3.8, 4) is 0 Å². The number of hydrogen-bond donors (Lipinski definition) is 1. The van der Waals surface area contributed by atoms with Crippen molar-refractivity contribution in [1.29, 1.82) is 0 Å². The largest absolute Gasteiger partial charge is 0.307 e. The minimum Gasteiger partial charge on any atom is -0.307 e. The van der Waals surface area contributed by atoms with E-state index in [0.29, 0.717) is 9.23 Å². The van der Waals surface area contributed by atoms with Crippen molar-refractivity contribution in [2.45, 2.75) is 0 Å². The van der Waals surface area contributed by atoms with Crippen LogP contribution in [-0.2, 0) is 11.8 Å². The third-order valence-corrected chi connectivity index (χ3v) is 2.82. The summed E-state index contributed by atoms with van der Waals surface area (Å²) in [6, 6.07) is 1.84. The van der Waals surface area contributed by atoms with E-state index in [1.54, 1.807) is 10.8 Å². The normalized spacial score (nSPS) is 19.1. The third-order valence-electron chi connectivity index (χ3n) is 1.66. The smallest absolute Gasteiger partial charge is 0.263 e. The Labute approximate surface area is 90.4 Å².